The fourth-order valence-electron chi connectivity index (χ4n) is 4.00. The van der Waals surface area contributed by atoms with E-state index in [-0.39, 0.29) is 17.9 Å². The number of aromatic nitrogens is 4. The number of pyridine rings is 1. The lowest BCUT2D eigenvalue weighted by Gasteiger charge is -2.22. The third-order valence-electron chi connectivity index (χ3n) is 5.01. The van der Waals surface area contributed by atoms with Gasteiger partial charge in [-0.3, -0.25) is 0 Å². The van der Waals surface area contributed by atoms with Crippen molar-refractivity contribution in [3.8, 4) is 0 Å². The Morgan fingerprint density at radius 1 is 1.43 bits per heavy atom. The first-order chi connectivity index (χ1) is 11.1. The standard InChI is InChI=1S/C16H19F2N5/c1-2-8-5-9(19)6-12(8)23-13-10-3-4-20-15(10)21-7-11(13)22-16(23)14(17)18/h3-4,7-9,12,14H,2,5-6,19H2,1H3,(H,20,21)/t8-,9+,12+/m1/s1. The largest absolute Gasteiger partial charge is 0.346 e. The Labute approximate surface area is 131 Å². The Hall–Kier alpha value is -2.02. The number of nitrogens with one attached hydrogen (secondary N) is 1. The van der Waals surface area contributed by atoms with Crippen molar-refractivity contribution in [1.82, 2.24) is 19.5 Å². The summed E-state index contributed by atoms with van der Waals surface area (Å²) in [7, 11) is 0. The molecule has 1 saturated carbocycles. The van der Waals surface area contributed by atoms with Crippen molar-refractivity contribution in [3.63, 3.8) is 0 Å². The van der Waals surface area contributed by atoms with E-state index in [2.05, 4.69) is 21.9 Å². The molecule has 0 spiro atoms. The second kappa shape index (κ2) is 5.26. The molecule has 0 aliphatic heterocycles. The molecular formula is C16H19F2N5. The van der Waals surface area contributed by atoms with E-state index in [1.807, 2.05) is 6.07 Å². The van der Waals surface area contributed by atoms with Crippen molar-refractivity contribution >= 4 is 22.1 Å². The van der Waals surface area contributed by atoms with Crippen LogP contribution in [0.25, 0.3) is 22.1 Å². The lowest BCUT2D eigenvalue weighted by molar-refractivity contribution is 0.131. The average molecular weight is 319 g/mol. The van der Waals surface area contributed by atoms with Crippen LogP contribution in [0.1, 0.15) is 44.5 Å². The molecule has 1 aliphatic rings. The van der Waals surface area contributed by atoms with Gasteiger partial charge in [-0.25, -0.2) is 18.7 Å². The van der Waals surface area contributed by atoms with Gasteiger partial charge in [0.05, 0.1) is 11.7 Å². The molecule has 1 fully saturated rings. The molecule has 23 heavy (non-hydrogen) atoms. The summed E-state index contributed by atoms with van der Waals surface area (Å²) in [6.07, 6.45) is 3.21. The Kier molecular flexibility index (Phi) is 3.33. The Morgan fingerprint density at radius 2 is 2.26 bits per heavy atom. The van der Waals surface area contributed by atoms with E-state index in [0.29, 0.717) is 23.5 Å². The average Bonchev–Trinajstić information content (AvgIpc) is 3.20. The molecule has 3 N–H and O–H groups in total. The van der Waals surface area contributed by atoms with Gasteiger partial charge in [-0.05, 0) is 24.8 Å². The van der Waals surface area contributed by atoms with Gasteiger partial charge in [0.1, 0.15) is 11.2 Å². The molecule has 0 saturated heterocycles. The predicted octanol–water partition coefficient (Wildman–Crippen LogP) is 3.54. The third kappa shape index (κ3) is 2.14. The lowest BCUT2D eigenvalue weighted by atomic mass is 10.00. The second-order valence-electron chi connectivity index (χ2n) is 6.34. The molecular weight excluding hydrogens is 300 g/mol. The highest BCUT2D eigenvalue weighted by molar-refractivity contribution is 6.01. The van der Waals surface area contributed by atoms with Crippen LogP contribution < -0.4 is 5.73 Å². The molecule has 0 amide bonds. The van der Waals surface area contributed by atoms with Crippen molar-refractivity contribution < 1.29 is 8.78 Å². The molecule has 3 heterocycles. The van der Waals surface area contributed by atoms with Gasteiger partial charge in [-0.1, -0.05) is 13.3 Å². The Bertz CT molecular complexity index is 853. The van der Waals surface area contributed by atoms with Gasteiger partial charge >= 0.3 is 0 Å². The summed E-state index contributed by atoms with van der Waals surface area (Å²) >= 11 is 0. The number of rotatable bonds is 3. The first-order valence-corrected chi connectivity index (χ1v) is 7.97. The number of hydrogen-bond acceptors (Lipinski definition) is 3. The molecule has 7 heteroatoms. The van der Waals surface area contributed by atoms with Crippen molar-refractivity contribution in [2.75, 3.05) is 0 Å². The Balaban J connectivity index is 2.02. The molecule has 3 atom stereocenters. The number of aromatic amines is 1. The summed E-state index contributed by atoms with van der Waals surface area (Å²) in [5, 5.41) is 0.831. The lowest BCUT2D eigenvalue weighted by Crippen LogP contribution is -2.18. The number of H-pyrrole nitrogens is 1. The van der Waals surface area contributed by atoms with Gasteiger partial charge in [0.15, 0.2) is 5.82 Å². The highest BCUT2D eigenvalue weighted by Crippen LogP contribution is 2.42. The zero-order chi connectivity index (χ0) is 16.1. The van der Waals surface area contributed by atoms with E-state index in [9.17, 15) is 8.78 Å². The maximum atomic E-state index is 13.6. The number of alkyl halides is 2. The topological polar surface area (TPSA) is 72.5 Å². The molecule has 122 valence electrons. The van der Waals surface area contributed by atoms with Gasteiger partial charge in [0, 0.05) is 23.7 Å². The minimum absolute atomic E-state index is 0.0375. The summed E-state index contributed by atoms with van der Waals surface area (Å²) in [6.45, 7) is 2.09. The number of imidazole rings is 1. The maximum Gasteiger partial charge on any atom is 0.295 e. The quantitative estimate of drug-likeness (QED) is 0.775. The molecule has 3 aromatic heterocycles. The highest BCUT2D eigenvalue weighted by atomic mass is 19.3. The Morgan fingerprint density at radius 3 is 3.00 bits per heavy atom. The van der Waals surface area contributed by atoms with Crippen molar-refractivity contribution in [3.05, 3.63) is 24.3 Å². The minimum Gasteiger partial charge on any atom is -0.346 e. The van der Waals surface area contributed by atoms with E-state index < -0.39 is 6.43 Å². The van der Waals surface area contributed by atoms with E-state index in [4.69, 9.17) is 5.73 Å². The molecule has 0 radical (unpaired) electrons. The van der Waals surface area contributed by atoms with Crippen LogP contribution in [-0.2, 0) is 0 Å². The zero-order valence-electron chi connectivity index (χ0n) is 12.8. The highest BCUT2D eigenvalue weighted by Gasteiger charge is 2.36. The van der Waals surface area contributed by atoms with Crippen LogP contribution in [0.3, 0.4) is 0 Å². The number of halogens is 2. The fraction of sp³-hybridized carbons (Fsp3) is 0.500. The second-order valence-corrected chi connectivity index (χ2v) is 6.34. The third-order valence-corrected chi connectivity index (χ3v) is 5.01. The van der Waals surface area contributed by atoms with Gasteiger partial charge in [-0.2, -0.15) is 0 Å². The van der Waals surface area contributed by atoms with Crippen LogP contribution >= 0.6 is 0 Å². The minimum atomic E-state index is -2.62. The normalized spacial score (nSPS) is 25.2. The van der Waals surface area contributed by atoms with E-state index in [0.717, 1.165) is 23.7 Å². The van der Waals surface area contributed by atoms with Crippen LogP contribution in [0.4, 0.5) is 8.78 Å². The van der Waals surface area contributed by atoms with Crippen molar-refractivity contribution in [1.29, 1.82) is 0 Å². The summed E-state index contributed by atoms with van der Waals surface area (Å²) in [5.74, 6) is 0.120. The summed E-state index contributed by atoms with van der Waals surface area (Å²) in [5.41, 5.74) is 8.07. The number of fused-ring (bicyclic) bond motifs is 3. The molecule has 1 aliphatic carbocycles. The van der Waals surface area contributed by atoms with Gasteiger partial charge < -0.3 is 15.3 Å². The first-order valence-electron chi connectivity index (χ1n) is 7.97. The molecule has 5 nitrogen and oxygen atoms in total. The molecule has 3 aromatic rings. The smallest absolute Gasteiger partial charge is 0.295 e. The van der Waals surface area contributed by atoms with Crippen LogP contribution in [0.2, 0.25) is 0 Å². The van der Waals surface area contributed by atoms with E-state index in [1.54, 1.807) is 17.0 Å². The van der Waals surface area contributed by atoms with Crippen molar-refractivity contribution in [2.45, 2.75) is 44.7 Å². The van der Waals surface area contributed by atoms with Gasteiger partial charge in [-0.15, -0.1) is 0 Å². The number of hydrogen-bond donors (Lipinski definition) is 2. The SMILES string of the molecule is CC[C@@H]1C[C@H](N)C[C@@H]1n1c(C(F)F)nc2cnc3[nH]ccc3c21. The molecule has 0 unspecified atom stereocenters. The fourth-order valence-corrected chi connectivity index (χ4v) is 4.00. The maximum absolute atomic E-state index is 13.6. The predicted molar refractivity (Wildman–Crippen MR) is 84.4 cm³/mol. The number of nitrogens with zero attached hydrogens (tertiary/aromatic N) is 3. The molecule has 4 rings (SSSR count). The first kappa shape index (κ1) is 14.6. The van der Waals surface area contributed by atoms with Crippen LogP contribution in [0.5, 0.6) is 0 Å². The molecule has 0 bridgehead atoms. The molecule has 0 aromatic carbocycles. The van der Waals surface area contributed by atoms with E-state index >= 15 is 0 Å². The van der Waals surface area contributed by atoms with Crippen LogP contribution in [0, 0.1) is 5.92 Å². The zero-order valence-corrected chi connectivity index (χ0v) is 12.8. The van der Waals surface area contributed by atoms with Gasteiger partial charge in [0.25, 0.3) is 6.43 Å². The summed E-state index contributed by atoms with van der Waals surface area (Å²) in [4.78, 5) is 11.5. The van der Waals surface area contributed by atoms with Gasteiger partial charge in [0.2, 0.25) is 0 Å². The summed E-state index contributed by atoms with van der Waals surface area (Å²) < 4.78 is 29.0. The van der Waals surface area contributed by atoms with Crippen LogP contribution in [0.15, 0.2) is 18.5 Å². The van der Waals surface area contributed by atoms with Crippen molar-refractivity contribution in [2.24, 2.45) is 11.7 Å². The number of nitrogens with two attached hydrogens (primary N) is 1. The van der Waals surface area contributed by atoms with E-state index in [1.165, 1.54) is 0 Å². The van der Waals surface area contributed by atoms with Crippen LogP contribution in [-0.4, -0.2) is 25.6 Å². The summed E-state index contributed by atoms with van der Waals surface area (Å²) in [6, 6.07) is 1.88. The monoisotopic (exact) mass is 319 g/mol.